The normalized spacial score (nSPS) is 19.2. The standard InChI is InChI=1S/C16H19N3O2S/c1-8-11(21-14(17-8)9-4-5-9)13(20)19-15-18-12-10(22-15)6-7-16(12,2)3/h9H,4-7H2,1-3H3,(H,18,19,20). The minimum absolute atomic E-state index is 0.107. The number of rotatable bonds is 3. The van der Waals surface area contributed by atoms with Crippen molar-refractivity contribution in [1.82, 2.24) is 9.97 Å². The van der Waals surface area contributed by atoms with Crippen molar-refractivity contribution in [3.8, 4) is 0 Å². The van der Waals surface area contributed by atoms with Gasteiger partial charge in [0, 0.05) is 16.2 Å². The van der Waals surface area contributed by atoms with Gasteiger partial charge in [0.15, 0.2) is 11.0 Å². The van der Waals surface area contributed by atoms with E-state index in [-0.39, 0.29) is 11.3 Å². The Morgan fingerprint density at radius 3 is 2.82 bits per heavy atom. The van der Waals surface area contributed by atoms with Gasteiger partial charge in [-0.05, 0) is 32.6 Å². The molecular formula is C16H19N3O2S. The lowest BCUT2D eigenvalue weighted by Crippen LogP contribution is -2.15. The molecule has 0 bridgehead atoms. The van der Waals surface area contributed by atoms with Gasteiger partial charge in [-0.1, -0.05) is 13.8 Å². The first-order chi connectivity index (χ1) is 10.4. The van der Waals surface area contributed by atoms with E-state index in [2.05, 4.69) is 29.1 Å². The Morgan fingerprint density at radius 1 is 1.36 bits per heavy atom. The molecule has 2 aromatic rings. The molecule has 2 aliphatic rings. The van der Waals surface area contributed by atoms with E-state index in [1.54, 1.807) is 11.3 Å². The van der Waals surface area contributed by atoms with E-state index in [0.29, 0.717) is 28.4 Å². The summed E-state index contributed by atoms with van der Waals surface area (Å²) >= 11 is 1.57. The molecule has 0 aromatic carbocycles. The smallest absolute Gasteiger partial charge is 0.295 e. The fourth-order valence-corrected chi connectivity index (χ4v) is 4.07. The number of anilines is 1. The minimum atomic E-state index is -0.248. The van der Waals surface area contributed by atoms with E-state index in [1.165, 1.54) is 4.88 Å². The van der Waals surface area contributed by atoms with E-state index in [9.17, 15) is 4.79 Å². The van der Waals surface area contributed by atoms with Crippen molar-refractivity contribution in [1.29, 1.82) is 0 Å². The van der Waals surface area contributed by atoms with Crippen molar-refractivity contribution in [2.75, 3.05) is 5.32 Å². The van der Waals surface area contributed by atoms with Crippen molar-refractivity contribution < 1.29 is 9.21 Å². The van der Waals surface area contributed by atoms with Crippen molar-refractivity contribution in [3.63, 3.8) is 0 Å². The summed E-state index contributed by atoms with van der Waals surface area (Å²) in [5.74, 6) is 1.17. The molecule has 6 heteroatoms. The van der Waals surface area contributed by atoms with Crippen LogP contribution in [0.15, 0.2) is 4.42 Å². The van der Waals surface area contributed by atoms with Crippen LogP contribution in [0, 0.1) is 6.92 Å². The highest BCUT2D eigenvalue weighted by molar-refractivity contribution is 7.16. The van der Waals surface area contributed by atoms with Gasteiger partial charge in [0.1, 0.15) is 0 Å². The Bertz CT molecular complexity index is 756. The fraction of sp³-hybridized carbons (Fsp3) is 0.562. The second-order valence-electron chi connectivity index (χ2n) is 6.87. The van der Waals surface area contributed by atoms with Gasteiger partial charge >= 0.3 is 0 Å². The Hall–Kier alpha value is -1.69. The molecule has 2 aliphatic carbocycles. The van der Waals surface area contributed by atoms with Crippen molar-refractivity contribution in [2.45, 2.75) is 57.8 Å². The zero-order valence-corrected chi connectivity index (χ0v) is 13.8. The average molecular weight is 317 g/mol. The summed E-state index contributed by atoms with van der Waals surface area (Å²) in [4.78, 5) is 22.7. The van der Waals surface area contributed by atoms with Crippen LogP contribution >= 0.6 is 11.3 Å². The highest BCUT2D eigenvalue weighted by Crippen LogP contribution is 2.42. The number of carbonyl (C=O) groups is 1. The zero-order chi connectivity index (χ0) is 15.5. The molecular weight excluding hydrogens is 298 g/mol. The van der Waals surface area contributed by atoms with E-state index in [0.717, 1.165) is 31.4 Å². The molecule has 22 heavy (non-hydrogen) atoms. The summed E-state index contributed by atoms with van der Waals surface area (Å²) in [6.45, 7) is 6.22. The third-order valence-corrected chi connectivity index (χ3v) is 5.51. The molecule has 0 aliphatic heterocycles. The predicted molar refractivity (Wildman–Crippen MR) is 84.6 cm³/mol. The van der Waals surface area contributed by atoms with E-state index in [4.69, 9.17) is 4.42 Å². The molecule has 2 heterocycles. The highest BCUT2D eigenvalue weighted by Gasteiger charge is 2.34. The first-order valence-electron chi connectivity index (χ1n) is 7.73. The molecule has 1 fully saturated rings. The fourth-order valence-electron chi connectivity index (χ4n) is 2.93. The predicted octanol–water partition coefficient (Wildman–Crippen LogP) is 3.79. The van der Waals surface area contributed by atoms with Crippen LogP contribution in [0.25, 0.3) is 0 Å². The van der Waals surface area contributed by atoms with E-state index < -0.39 is 0 Å². The summed E-state index contributed by atoms with van der Waals surface area (Å²) in [6, 6.07) is 0. The molecule has 0 spiro atoms. The van der Waals surface area contributed by atoms with E-state index >= 15 is 0 Å². The number of aryl methyl sites for hydroxylation is 2. The highest BCUT2D eigenvalue weighted by atomic mass is 32.1. The summed E-state index contributed by atoms with van der Waals surface area (Å²) in [7, 11) is 0. The largest absolute Gasteiger partial charge is 0.435 e. The second kappa shape index (κ2) is 4.65. The lowest BCUT2D eigenvalue weighted by molar-refractivity contribution is 0.0994. The van der Waals surface area contributed by atoms with Crippen LogP contribution in [0.5, 0.6) is 0 Å². The Kier molecular flexibility index (Phi) is 2.95. The summed E-state index contributed by atoms with van der Waals surface area (Å²) in [6.07, 6.45) is 4.38. The molecule has 2 aromatic heterocycles. The first-order valence-corrected chi connectivity index (χ1v) is 8.54. The van der Waals surface area contributed by atoms with Gasteiger partial charge in [0.2, 0.25) is 5.76 Å². The number of hydrogen-bond acceptors (Lipinski definition) is 5. The molecule has 0 saturated heterocycles. The molecule has 0 atom stereocenters. The van der Waals surface area contributed by atoms with Crippen molar-refractivity contribution in [3.05, 3.63) is 27.9 Å². The van der Waals surface area contributed by atoms with Crippen molar-refractivity contribution in [2.24, 2.45) is 0 Å². The van der Waals surface area contributed by atoms with Crippen molar-refractivity contribution >= 4 is 22.4 Å². The molecule has 0 radical (unpaired) electrons. The second-order valence-corrected chi connectivity index (χ2v) is 7.95. The number of amides is 1. The number of oxazole rings is 1. The number of nitrogens with zero attached hydrogens (tertiary/aromatic N) is 2. The Balaban J connectivity index is 1.55. The SMILES string of the molecule is Cc1nc(C2CC2)oc1C(=O)Nc1nc2c(s1)CCC2(C)C. The number of hydrogen-bond donors (Lipinski definition) is 1. The zero-order valence-electron chi connectivity index (χ0n) is 13.0. The van der Waals surface area contributed by atoms with Crippen LogP contribution in [0.3, 0.4) is 0 Å². The first kappa shape index (κ1) is 13.9. The van der Waals surface area contributed by atoms with Crippen LogP contribution in [0.4, 0.5) is 5.13 Å². The maximum Gasteiger partial charge on any atom is 0.295 e. The molecule has 1 saturated carbocycles. The molecule has 1 amide bonds. The maximum absolute atomic E-state index is 12.4. The molecule has 116 valence electrons. The van der Waals surface area contributed by atoms with Gasteiger partial charge < -0.3 is 4.42 Å². The van der Waals surface area contributed by atoms with Gasteiger partial charge in [0.05, 0.1) is 11.4 Å². The van der Waals surface area contributed by atoms with Crippen LogP contribution in [-0.2, 0) is 11.8 Å². The van der Waals surface area contributed by atoms with Crippen LogP contribution in [0.2, 0.25) is 0 Å². The average Bonchev–Trinajstić information content (AvgIpc) is 3.01. The summed E-state index contributed by atoms with van der Waals surface area (Å²) in [5.41, 5.74) is 1.89. The van der Waals surface area contributed by atoms with Gasteiger partial charge in [0.25, 0.3) is 5.91 Å². The van der Waals surface area contributed by atoms with Gasteiger partial charge in [-0.15, -0.1) is 11.3 Å². The summed E-state index contributed by atoms with van der Waals surface area (Å²) in [5, 5.41) is 3.53. The minimum Gasteiger partial charge on any atom is -0.435 e. The third-order valence-electron chi connectivity index (χ3n) is 4.48. The number of fused-ring (bicyclic) bond motifs is 1. The Labute approximate surface area is 133 Å². The maximum atomic E-state index is 12.4. The number of carbonyl (C=O) groups excluding carboxylic acids is 1. The van der Waals surface area contributed by atoms with Gasteiger partial charge in [-0.3, -0.25) is 10.1 Å². The Morgan fingerprint density at radius 2 is 2.14 bits per heavy atom. The quantitative estimate of drug-likeness (QED) is 0.935. The van der Waals surface area contributed by atoms with Gasteiger partial charge in [-0.25, -0.2) is 9.97 Å². The van der Waals surface area contributed by atoms with Crippen LogP contribution in [-0.4, -0.2) is 15.9 Å². The monoisotopic (exact) mass is 317 g/mol. The topological polar surface area (TPSA) is 68.0 Å². The lowest BCUT2D eigenvalue weighted by atomic mass is 9.91. The lowest BCUT2D eigenvalue weighted by Gasteiger charge is -2.15. The number of nitrogens with one attached hydrogen (secondary N) is 1. The van der Waals surface area contributed by atoms with E-state index in [1.807, 2.05) is 6.92 Å². The number of thiazole rings is 1. The van der Waals surface area contributed by atoms with Crippen LogP contribution in [0.1, 0.15) is 71.7 Å². The third kappa shape index (κ3) is 2.26. The number of aromatic nitrogens is 2. The molecule has 0 unspecified atom stereocenters. The molecule has 4 rings (SSSR count). The molecule has 1 N–H and O–H groups in total. The van der Waals surface area contributed by atoms with Crippen LogP contribution < -0.4 is 5.32 Å². The summed E-state index contributed by atoms with van der Waals surface area (Å²) < 4.78 is 5.64. The molecule has 5 nitrogen and oxygen atoms in total. The van der Waals surface area contributed by atoms with Gasteiger partial charge in [-0.2, -0.15) is 0 Å².